The van der Waals surface area contributed by atoms with Gasteiger partial charge in [0, 0.05) is 36.3 Å². The van der Waals surface area contributed by atoms with Crippen molar-refractivity contribution in [2.24, 2.45) is 0 Å². The summed E-state index contributed by atoms with van der Waals surface area (Å²) in [5.74, 6) is -0.322. The van der Waals surface area contributed by atoms with Crippen LogP contribution in [0.3, 0.4) is 0 Å². The summed E-state index contributed by atoms with van der Waals surface area (Å²) in [5.41, 5.74) is 3.01. The zero-order valence-electron chi connectivity index (χ0n) is 18.9. The van der Waals surface area contributed by atoms with Gasteiger partial charge >= 0.3 is 5.97 Å². The number of rotatable bonds is 8. The fourth-order valence-corrected chi connectivity index (χ4v) is 3.76. The third-order valence-corrected chi connectivity index (χ3v) is 5.49. The van der Waals surface area contributed by atoms with E-state index in [2.05, 4.69) is 10.2 Å². The number of esters is 1. The maximum atomic E-state index is 12.5. The van der Waals surface area contributed by atoms with Crippen LogP contribution in [0.2, 0.25) is 0 Å². The van der Waals surface area contributed by atoms with Crippen molar-refractivity contribution in [3.05, 3.63) is 59.4 Å². The van der Waals surface area contributed by atoms with Crippen molar-refractivity contribution in [2.45, 2.75) is 20.4 Å². The highest BCUT2D eigenvalue weighted by atomic mass is 16.5. The van der Waals surface area contributed by atoms with Crippen molar-refractivity contribution in [1.82, 2.24) is 4.90 Å². The lowest BCUT2D eigenvalue weighted by molar-refractivity contribution is -0.119. The first-order valence-corrected chi connectivity index (χ1v) is 11.1. The number of hydrogen-bond donors (Lipinski definition) is 1. The first-order valence-electron chi connectivity index (χ1n) is 11.1. The van der Waals surface area contributed by atoms with E-state index >= 15 is 0 Å². The van der Waals surface area contributed by atoms with Gasteiger partial charge in [0.1, 0.15) is 11.3 Å². The number of amides is 1. The highest BCUT2D eigenvalue weighted by molar-refractivity contribution is 5.98. The molecule has 4 rings (SSSR count). The quantitative estimate of drug-likeness (QED) is 0.521. The van der Waals surface area contributed by atoms with E-state index < -0.39 is 18.5 Å². The molecule has 2 heterocycles. The Morgan fingerprint density at radius 1 is 1.09 bits per heavy atom. The number of nitrogens with one attached hydrogen (secondary N) is 1. The lowest BCUT2D eigenvalue weighted by Gasteiger charge is -2.26. The van der Waals surface area contributed by atoms with Gasteiger partial charge in [0.2, 0.25) is 5.76 Å². The maximum Gasteiger partial charge on any atom is 0.375 e. The summed E-state index contributed by atoms with van der Waals surface area (Å²) < 4.78 is 21.7. The molecule has 0 atom stereocenters. The van der Waals surface area contributed by atoms with Crippen LogP contribution in [-0.4, -0.2) is 56.3 Å². The molecule has 0 unspecified atom stereocenters. The van der Waals surface area contributed by atoms with Gasteiger partial charge in [-0.1, -0.05) is 12.1 Å². The van der Waals surface area contributed by atoms with Crippen LogP contribution >= 0.6 is 0 Å². The summed E-state index contributed by atoms with van der Waals surface area (Å²) in [6.07, 6.45) is 0. The molecule has 0 saturated carbocycles. The highest BCUT2D eigenvalue weighted by Gasteiger charge is 2.20. The van der Waals surface area contributed by atoms with E-state index in [0.29, 0.717) is 29.2 Å². The van der Waals surface area contributed by atoms with Gasteiger partial charge in [-0.25, -0.2) is 4.79 Å². The van der Waals surface area contributed by atoms with E-state index in [1.54, 1.807) is 19.1 Å². The molecule has 1 aliphatic rings. The predicted octanol–water partition coefficient (Wildman–Crippen LogP) is 3.77. The molecule has 2 aromatic carbocycles. The molecule has 1 fully saturated rings. The van der Waals surface area contributed by atoms with Gasteiger partial charge in [-0.05, 0) is 49.7 Å². The van der Waals surface area contributed by atoms with Crippen LogP contribution in [0, 0.1) is 6.92 Å². The van der Waals surface area contributed by atoms with E-state index in [1.165, 1.54) is 0 Å². The normalized spacial score (nSPS) is 14.2. The van der Waals surface area contributed by atoms with Crippen molar-refractivity contribution >= 4 is 28.5 Å². The van der Waals surface area contributed by atoms with Crippen LogP contribution in [0.15, 0.2) is 46.9 Å². The molecular formula is C25H28N2O6. The minimum Gasteiger partial charge on any atom is -0.494 e. The monoisotopic (exact) mass is 452 g/mol. The molecule has 0 bridgehead atoms. The molecule has 0 radical (unpaired) electrons. The van der Waals surface area contributed by atoms with Crippen LogP contribution in [0.25, 0.3) is 11.0 Å². The Bertz CT molecular complexity index is 1120. The number of fused-ring (bicyclic) bond motifs is 1. The van der Waals surface area contributed by atoms with E-state index in [-0.39, 0.29) is 5.76 Å². The van der Waals surface area contributed by atoms with Crippen LogP contribution < -0.4 is 10.1 Å². The Balaban J connectivity index is 1.30. The van der Waals surface area contributed by atoms with Crippen LogP contribution in [0.4, 0.5) is 5.69 Å². The van der Waals surface area contributed by atoms with Gasteiger partial charge in [0.15, 0.2) is 6.61 Å². The molecule has 3 aromatic rings. The second kappa shape index (κ2) is 10.5. The summed E-state index contributed by atoms with van der Waals surface area (Å²) >= 11 is 0. The zero-order chi connectivity index (χ0) is 23.2. The van der Waals surface area contributed by atoms with Crippen molar-refractivity contribution < 1.29 is 28.2 Å². The van der Waals surface area contributed by atoms with E-state index in [0.717, 1.165) is 43.8 Å². The van der Waals surface area contributed by atoms with Gasteiger partial charge in [-0.3, -0.25) is 9.69 Å². The minimum atomic E-state index is -0.683. The van der Waals surface area contributed by atoms with Gasteiger partial charge in [0.25, 0.3) is 5.91 Å². The lowest BCUT2D eigenvalue weighted by Crippen LogP contribution is -2.35. The fraction of sp³-hybridized carbons (Fsp3) is 0.360. The molecule has 1 amide bonds. The SMILES string of the molecule is CCOc1ccc2oc(C(=O)OCC(=O)Nc3ccc(CN4CCOCC4)cc3)c(C)c2c1. The number of nitrogens with zero attached hydrogens (tertiary/aromatic N) is 1. The standard InChI is InChI=1S/C25H28N2O6/c1-3-31-20-8-9-22-21(14-20)17(2)24(33-22)25(29)32-16-23(28)26-19-6-4-18(5-7-19)15-27-10-12-30-13-11-27/h4-9,14H,3,10-13,15-16H2,1-2H3,(H,26,28). The first kappa shape index (κ1) is 22.8. The predicted molar refractivity (Wildman–Crippen MR) is 124 cm³/mol. The van der Waals surface area contributed by atoms with E-state index in [4.69, 9.17) is 18.6 Å². The molecule has 8 nitrogen and oxygen atoms in total. The number of aryl methyl sites for hydroxylation is 1. The average Bonchev–Trinajstić information content (AvgIpc) is 3.16. The van der Waals surface area contributed by atoms with Gasteiger partial charge < -0.3 is 23.9 Å². The third kappa shape index (κ3) is 5.71. The lowest BCUT2D eigenvalue weighted by atomic mass is 10.1. The molecular weight excluding hydrogens is 424 g/mol. The number of carbonyl (C=O) groups excluding carboxylic acids is 2. The number of carbonyl (C=O) groups is 2. The van der Waals surface area contributed by atoms with E-state index in [1.807, 2.05) is 37.3 Å². The molecule has 0 spiro atoms. The minimum absolute atomic E-state index is 0.0823. The topological polar surface area (TPSA) is 90.2 Å². The van der Waals surface area contributed by atoms with Crippen molar-refractivity contribution in [3.8, 4) is 5.75 Å². The molecule has 33 heavy (non-hydrogen) atoms. The largest absolute Gasteiger partial charge is 0.494 e. The average molecular weight is 453 g/mol. The molecule has 174 valence electrons. The summed E-state index contributed by atoms with van der Waals surface area (Å²) in [4.78, 5) is 27.1. The number of hydrogen-bond acceptors (Lipinski definition) is 7. The number of furan rings is 1. The summed E-state index contributed by atoms with van der Waals surface area (Å²) in [7, 11) is 0. The number of anilines is 1. The maximum absolute atomic E-state index is 12.5. The summed E-state index contributed by atoms with van der Waals surface area (Å²) in [6, 6.07) is 13.0. The Morgan fingerprint density at radius 2 is 1.85 bits per heavy atom. The van der Waals surface area contributed by atoms with Crippen LogP contribution in [-0.2, 0) is 20.8 Å². The number of benzene rings is 2. The van der Waals surface area contributed by atoms with E-state index in [9.17, 15) is 9.59 Å². The highest BCUT2D eigenvalue weighted by Crippen LogP contribution is 2.29. The second-order valence-corrected chi connectivity index (χ2v) is 7.86. The van der Waals surface area contributed by atoms with Gasteiger partial charge in [-0.15, -0.1) is 0 Å². The third-order valence-electron chi connectivity index (χ3n) is 5.49. The van der Waals surface area contributed by atoms with Crippen molar-refractivity contribution in [3.63, 3.8) is 0 Å². The molecule has 0 aliphatic carbocycles. The molecule has 1 N–H and O–H groups in total. The fourth-order valence-electron chi connectivity index (χ4n) is 3.76. The smallest absolute Gasteiger partial charge is 0.375 e. The zero-order valence-corrected chi connectivity index (χ0v) is 18.9. The summed E-state index contributed by atoms with van der Waals surface area (Å²) in [5, 5.41) is 3.52. The van der Waals surface area contributed by atoms with Crippen molar-refractivity contribution in [1.29, 1.82) is 0 Å². The molecule has 8 heteroatoms. The Labute approximate surface area is 192 Å². The van der Waals surface area contributed by atoms with Crippen molar-refractivity contribution in [2.75, 3.05) is 44.8 Å². The van der Waals surface area contributed by atoms with Crippen LogP contribution in [0.1, 0.15) is 28.6 Å². The summed E-state index contributed by atoms with van der Waals surface area (Å²) in [6.45, 7) is 8.01. The number of ether oxygens (including phenoxy) is 3. The Kier molecular flexibility index (Phi) is 7.26. The Morgan fingerprint density at radius 3 is 2.58 bits per heavy atom. The van der Waals surface area contributed by atoms with Gasteiger partial charge in [-0.2, -0.15) is 0 Å². The number of morpholine rings is 1. The first-order chi connectivity index (χ1) is 16.0. The molecule has 1 saturated heterocycles. The Hall–Kier alpha value is -3.36. The molecule has 1 aliphatic heterocycles. The van der Waals surface area contributed by atoms with Gasteiger partial charge in [0.05, 0.1) is 19.8 Å². The second-order valence-electron chi connectivity index (χ2n) is 7.86. The van der Waals surface area contributed by atoms with Crippen LogP contribution in [0.5, 0.6) is 5.75 Å². The molecule has 1 aromatic heterocycles.